The zero-order valence-electron chi connectivity index (χ0n) is 18.5. The van der Waals surface area contributed by atoms with Crippen LogP contribution in [-0.4, -0.2) is 64.8 Å². The second-order valence-corrected chi connectivity index (χ2v) is 8.69. The standard InChI is InChI=1S/C24H32N4O3/c1-18-21(19(2)28(26-18)20-9-5-3-6-10-20)22(29)23(30)25-17-24(11-7-4-8-12-24)27-13-15-31-16-14-27/h3,5-6,9-10H,4,7-8,11-17H2,1-2H3,(H,25,30). The van der Waals surface area contributed by atoms with E-state index in [1.807, 2.05) is 37.3 Å². The Hall–Kier alpha value is -2.51. The fourth-order valence-electron chi connectivity index (χ4n) is 5.08. The molecule has 166 valence electrons. The van der Waals surface area contributed by atoms with Gasteiger partial charge in [-0.1, -0.05) is 37.5 Å². The third kappa shape index (κ3) is 4.43. The Kier molecular flexibility index (Phi) is 6.53. The van der Waals surface area contributed by atoms with Gasteiger partial charge >= 0.3 is 0 Å². The number of rotatable bonds is 6. The molecular weight excluding hydrogens is 392 g/mol. The van der Waals surface area contributed by atoms with E-state index in [4.69, 9.17) is 4.74 Å². The first kappa shape index (κ1) is 21.7. The molecule has 7 nitrogen and oxygen atoms in total. The van der Waals surface area contributed by atoms with Crippen molar-refractivity contribution < 1.29 is 14.3 Å². The topological polar surface area (TPSA) is 76.5 Å². The molecule has 0 unspecified atom stereocenters. The van der Waals surface area contributed by atoms with E-state index in [1.165, 1.54) is 6.42 Å². The first-order valence-corrected chi connectivity index (χ1v) is 11.3. The summed E-state index contributed by atoms with van der Waals surface area (Å²) in [5.41, 5.74) is 2.45. The lowest BCUT2D eigenvalue weighted by Gasteiger charge is -2.48. The molecule has 7 heteroatoms. The summed E-state index contributed by atoms with van der Waals surface area (Å²) in [7, 11) is 0. The van der Waals surface area contributed by atoms with Crippen molar-refractivity contribution in [2.75, 3.05) is 32.8 Å². The molecule has 1 aromatic heterocycles. The Bertz CT molecular complexity index is 926. The van der Waals surface area contributed by atoms with Crippen molar-refractivity contribution in [1.29, 1.82) is 0 Å². The number of nitrogens with one attached hydrogen (secondary N) is 1. The number of ketones is 1. The Morgan fingerprint density at radius 2 is 1.74 bits per heavy atom. The fraction of sp³-hybridized carbons (Fsp3) is 0.542. The molecule has 1 aliphatic heterocycles. The first-order valence-electron chi connectivity index (χ1n) is 11.3. The second-order valence-electron chi connectivity index (χ2n) is 8.69. The predicted octanol–water partition coefficient (Wildman–Crippen LogP) is 2.82. The average Bonchev–Trinajstić information content (AvgIpc) is 3.12. The number of amides is 1. The van der Waals surface area contributed by atoms with Gasteiger partial charge in [-0.3, -0.25) is 14.5 Å². The number of Topliss-reactive ketones (excluding diaryl/α,β-unsaturated/α-hetero) is 1. The number of para-hydroxylation sites is 1. The maximum atomic E-state index is 13.1. The van der Waals surface area contributed by atoms with Crippen LogP contribution < -0.4 is 5.32 Å². The number of hydrogen-bond donors (Lipinski definition) is 1. The Morgan fingerprint density at radius 3 is 2.42 bits per heavy atom. The summed E-state index contributed by atoms with van der Waals surface area (Å²) in [5.74, 6) is -1.05. The SMILES string of the molecule is Cc1nn(-c2ccccc2)c(C)c1C(=O)C(=O)NCC1(N2CCOCC2)CCCCC1. The normalized spacial score (nSPS) is 19.2. The van der Waals surface area contributed by atoms with Gasteiger partial charge in [0.1, 0.15) is 0 Å². The summed E-state index contributed by atoms with van der Waals surface area (Å²) in [6, 6.07) is 9.65. The molecule has 31 heavy (non-hydrogen) atoms. The third-order valence-corrected chi connectivity index (χ3v) is 6.77. The number of aryl methyl sites for hydroxylation is 1. The molecule has 0 bridgehead atoms. The summed E-state index contributed by atoms with van der Waals surface area (Å²) in [6.45, 7) is 7.34. The molecular formula is C24H32N4O3. The van der Waals surface area contributed by atoms with Crippen molar-refractivity contribution >= 4 is 11.7 Å². The molecule has 1 aromatic carbocycles. The van der Waals surface area contributed by atoms with Gasteiger partial charge in [0, 0.05) is 25.2 Å². The van der Waals surface area contributed by atoms with Gasteiger partial charge in [-0.15, -0.1) is 0 Å². The summed E-state index contributed by atoms with van der Waals surface area (Å²) in [4.78, 5) is 28.5. The minimum Gasteiger partial charge on any atom is -0.379 e. The largest absolute Gasteiger partial charge is 0.379 e. The van der Waals surface area contributed by atoms with Crippen LogP contribution in [0.5, 0.6) is 0 Å². The summed E-state index contributed by atoms with van der Waals surface area (Å²) < 4.78 is 7.26. The number of hydrogen-bond acceptors (Lipinski definition) is 5. The summed E-state index contributed by atoms with van der Waals surface area (Å²) in [5, 5.41) is 7.50. The van der Waals surface area contributed by atoms with Crippen molar-refractivity contribution in [3.8, 4) is 5.69 Å². The van der Waals surface area contributed by atoms with Gasteiger partial charge in [0.25, 0.3) is 11.7 Å². The Labute approximate surface area is 183 Å². The Morgan fingerprint density at radius 1 is 1.06 bits per heavy atom. The lowest BCUT2D eigenvalue weighted by Crippen LogP contribution is -2.60. The molecule has 2 heterocycles. The Balaban J connectivity index is 1.49. The monoisotopic (exact) mass is 424 g/mol. The van der Waals surface area contributed by atoms with E-state index in [1.54, 1.807) is 11.6 Å². The van der Waals surface area contributed by atoms with Crippen LogP contribution in [0.4, 0.5) is 0 Å². The highest BCUT2D eigenvalue weighted by molar-refractivity contribution is 6.43. The number of carbonyl (C=O) groups excluding carboxylic acids is 2. The molecule has 1 aliphatic carbocycles. The molecule has 0 radical (unpaired) electrons. The van der Waals surface area contributed by atoms with E-state index in [2.05, 4.69) is 15.3 Å². The maximum absolute atomic E-state index is 13.1. The lowest BCUT2D eigenvalue weighted by atomic mass is 9.79. The molecule has 2 fully saturated rings. The minimum atomic E-state index is -0.544. The van der Waals surface area contributed by atoms with Crippen LogP contribution in [0.1, 0.15) is 53.8 Å². The zero-order chi connectivity index (χ0) is 21.8. The molecule has 0 spiro atoms. The van der Waals surface area contributed by atoms with Crippen LogP contribution >= 0.6 is 0 Å². The maximum Gasteiger partial charge on any atom is 0.292 e. The van der Waals surface area contributed by atoms with E-state index in [9.17, 15) is 9.59 Å². The van der Waals surface area contributed by atoms with E-state index in [0.717, 1.165) is 57.7 Å². The quantitative estimate of drug-likeness (QED) is 0.570. The lowest BCUT2D eigenvalue weighted by molar-refractivity contribution is -0.118. The van der Waals surface area contributed by atoms with Crippen LogP contribution in [0.15, 0.2) is 30.3 Å². The highest BCUT2D eigenvalue weighted by atomic mass is 16.5. The number of aromatic nitrogens is 2. The second kappa shape index (κ2) is 9.32. The average molecular weight is 425 g/mol. The van der Waals surface area contributed by atoms with Crippen LogP contribution in [0.3, 0.4) is 0 Å². The zero-order valence-corrected chi connectivity index (χ0v) is 18.5. The molecule has 1 N–H and O–H groups in total. The highest BCUT2D eigenvalue weighted by Crippen LogP contribution is 2.34. The highest BCUT2D eigenvalue weighted by Gasteiger charge is 2.39. The van der Waals surface area contributed by atoms with Crippen LogP contribution in [0, 0.1) is 13.8 Å². The van der Waals surface area contributed by atoms with Gasteiger partial charge in [0.05, 0.1) is 35.9 Å². The van der Waals surface area contributed by atoms with Gasteiger partial charge < -0.3 is 10.1 Å². The number of carbonyl (C=O) groups is 2. The van der Waals surface area contributed by atoms with Crippen molar-refractivity contribution in [2.24, 2.45) is 0 Å². The molecule has 2 aliphatic rings. The first-order chi connectivity index (χ1) is 15.0. The van der Waals surface area contributed by atoms with Crippen molar-refractivity contribution in [3.05, 3.63) is 47.3 Å². The van der Waals surface area contributed by atoms with Gasteiger partial charge in [-0.25, -0.2) is 4.68 Å². The number of nitrogens with zero attached hydrogens (tertiary/aromatic N) is 3. The molecule has 1 saturated heterocycles. The number of benzene rings is 1. The van der Waals surface area contributed by atoms with Gasteiger partial charge in [0.2, 0.25) is 0 Å². The molecule has 1 amide bonds. The number of morpholine rings is 1. The number of ether oxygens (including phenoxy) is 1. The smallest absolute Gasteiger partial charge is 0.292 e. The van der Waals surface area contributed by atoms with Crippen molar-refractivity contribution in [3.63, 3.8) is 0 Å². The van der Waals surface area contributed by atoms with Crippen molar-refractivity contribution in [2.45, 2.75) is 51.5 Å². The fourth-order valence-corrected chi connectivity index (χ4v) is 5.08. The van der Waals surface area contributed by atoms with E-state index < -0.39 is 11.7 Å². The summed E-state index contributed by atoms with van der Waals surface area (Å²) >= 11 is 0. The predicted molar refractivity (Wildman–Crippen MR) is 119 cm³/mol. The van der Waals surface area contributed by atoms with Gasteiger partial charge in [-0.05, 0) is 38.8 Å². The van der Waals surface area contributed by atoms with Gasteiger partial charge in [-0.2, -0.15) is 5.10 Å². The van der Waals surface area contributed by atoms with Gasteiger partial charge in [0.15, 0.2) is 0 Å². The van der Waals surface area contributed by atoms with Crippen molar-refractivity contribution in [1.82, 2.24) is 20.0 Å². The van der Waals surface area contributed by atoms with Crippen LogP contribution in [-0.2, 0) is 9.53 Å². The molecule has 2 aromatic rings. The van der Waals surface area contributed by atoms with E-state index in [0.29, 0.717) is 23.5 Å². The van der Waals surface area contributed by atoms with Crippen LogP contribution in [0.25, 0.3) is 5.69 Å². The van der Waals surface area contributed by atoms with E-state index >= 15 is 0 Å². The van der Waals surface area contributed by atoms with E-state index in [-0.39, 0.29) is 5.54 Å². The molecule has 0 atom stereocenters. The summed E-state index contributed by atoms with van der Waals surface area (Å²) in [6.07, 6.45) is 5.64. The minimum absolute atomic E-state index is 0.0731. The van der Waals surface area contributed by atoms with Crippen LogP contribution in [0.2, 0.25) is 0 Å². The third-order valence-electron chi connectivity index (χ3n) is 6.77. The molecule has 4 rings (SSSR count). The molecule has 1 saturated carbocycles.